The van der Waals surface area contributed by atoms with E-state index in [1.54, 1.807) is 43.8 Å². The van der Waals surface area contributed by atoms with Crippen molar-refractivity contribution in [3.05, 3.63) is 71.8 Å². The summed E-state index contributed by atoms with van der Waals surface area (Å²) in [4.78, 5) is 14.1. The molecule has 0 aliphatic heterocycles. The van der Waals surface area contributed by atoms with Crippen molar-refractivity contribution in [1.82, 2.24) is 0 Å². The zero-order chi connectivity index (χ0) is 24.9. The van der Waals surface area contributed by atoms with E-state index in [9.17, 15) is 4.79 Å². The molecule has 180 valence electrons. The van der Waals surface area contributed by atoms with Gasteiger partial charge in [0.25, 0.3) is 0 Å². The molecule has 1 aromatic heterocycles. The molecule has 0 aliphatic rings. The highest BCUT2D eigenvalue weighted by atomic mass is 32.1. The highest BCUT2D eigenvalue weighted by Gasteiger charge is 2.20. The van der Waals surface area contributed by atoms with Crippen molar-refractivity contribution in [1.29, 1.82) is 0 Å². The first-order valence-corrected chi connectivity index (χ1v) is 11.6. The maximum Gasteiger partial charge on any atom is 0.204 e. The van der Waals surface area contributed by atoms with Gasteiger partial charge < -0.3 is 23.7 Å². The molecular formula is C28H26O6S. The molecule has 0 N–H and O–H groups in total. The van der Waals surface area contributed by atoms with Crippen molar-refractivity contribution in [2.24, 2.45) is 0 Å². The molecule has 0 spiro atoms. The Morgan fingerprint density at radius 3 is 2.11 bits per heavy atom. The van der Waals surface area contributed by atoms with Crippen molar-refractivity contribution >= 4 is 33.3 Å². The van der Waals surface area contributed by atoms with Crippen molar-refractivity contribution in [3.63, 3.8) is 0 Å². The second-order valence-electron chi connectivity index (χ2n) is 7.53. The maximum absolute atomic E-state index is 13.1. The number of fused-ring (bicyclic) bond motifs is 1. The van der Waals surface area contributed by atoms with Crippen LogP contribution in [0.15, 0.2) is 60.7 Å². The van der Waals surface area contributed by atoms with Crippen LogP contribution < -0.4 is 23.7 Å². The zero-order valence-corrected chi connectivity index (χ0v) is 21.0. The van der Waals surface area contributed by atoms with Gasteiger partial charge in [0.2, 0.25) is 5.75 Å². The Balaban J connectivity index is 1.75. The number of carbonyl (C=O) groups is 1. The van der Waals surface area contributed by atoms with Gasteiger partial charge in [-0.2, -0.15) is 0 Å². The maximum atomic E-state index is 13.1. The van der Waals surface area contributed by atoms with E-state index in [4.69, 9.17) is 23.7 Å². The van der Waals surface area contributed by atoms with E-state index in [2.05, 4.69) is 18.2 Å². The average molecular weight is 491 g/mol. The summed E-state index contributed by atoms with van der Waals surface area (Å²) >= 11 is 1.67. The first-order chi connectivity index (χ1) is 17.0. The molecular weight excluding hydrogens is 464 g/mol. The second kappa shape index (κ2) is 10.5. The smallest absolute Gasteiger partial charge is 0.204 e. The molecule has 4 rings (SSSR count). The number of benzene rings is 3. The molecule has 0 unspecified atom stereocenters. The Morgan fingerprint density at radius 2 is 1.46 bits per heavy atom. The summed E-state index contributed by atoms with van der Waals surface area (Å²) in [6, 6.07) is 17.5. The number of carbonyl (C=O) groups excluding carboxylic acids is 1. The summed E-state index contributed by atoms with van der Waals surface area (Å²) in [5.74, 6) is 2.16. The summed E-state index contributed by atoms with van der Waals surface area (Å²) in [5, 5.41) is 1.16. The Bertz CT molecular complexity index is 1370. The summed E-state index contributed by atoms with van der Waals surface area (Å²) in [6.45, 7) is 0. The Morgan fingerprint density at radius 1 is 0.743 bits per heavy atom. The third-order valence-corrected chi connectivity index (χ3v) is 6.74. The summed E-state index contributed by atoms with van der Waals surface area (Å²) < 4.78 is 28.7. The van der Waals surface area contributed by atoms with Crippen LogP contribution in [0, 0.1) is 0 Å². The van der Waals surface area contributed by atoms with Gasteiger partial charge in [-0.15, -0.1) is 11.3 Å². The average Bonchev–Trinajstić information content (AvgIpc) is 3.34. The SMILES string of the molecule is COc1cc(C=CC(=O)c2ccc(OC)c(OC)c2OC)cc(-c2cc3ccccc3s2)c1OC. The summed E-state index contributed by atoms with van der Waals surface area (Å²) in [5.41, 5.74) is 2.05. The lowest BCUT2D eigenvalue weighted by Crippen LogP contribution is -2.03. The topological polar surface area (TPSA) is 63.2 Å². The Hall–Kier alpha value is -3.97. The van der Waals surface area contributed by atoms with Crippen LogP contribution in [0.5, 0.6) is 28.7 Å². The van der Waals surface area contributed by atoms with E-state index in [-0.39, 0.29) is 5.78 Å². The van der Waals surface area contributed by atoms with Gasteiger partial charge in [-0.3, -0.25) is 4.79 Å². The first kappa shape index (κ1) is 24.2. The van der Waals surface area contributed by atoms with E-state index in [0.29, 0.717) is 34.3 Å². The highest BCUT2D eigenvalue weighted by Crippen LogP contribution is 2.44. The molecule has 0 saturated heterocycles. The number of ketones is 1. The van der Waals surface area contributed by atoms with E-state index >= 15 is 0 Å². The molecule has 7 heteroatoms. The molecule has 0 bridgehead atoms. The van der Waals surface area contributed by atoms with Crippen molar-refractivity contribution in [3.8, 4) is 39.2 Å². The number of rotatable bonds is 9. The van der Waals surface area contributed by atoms with Gasteiger partial charge in [0.1, 0.15) is 0 Å². The predicted octanol–water partition coefficient (Wildman–Crippen LogP) is 6.51. The molecule has 0 radical (unpaired) electrons. The van der Waals surface area contributed by atoms with Crippen LogP contribution in [0.25, 0.3) is 26.6 Å². The standard InChI is InChI=1S/C28H26O6S/c1-30-22-13-11-19(27(33-4)28(22)34-5)21(29)12-10-17-14-20(26(32-3)23(15-17)31-2)25-16-18-8-6-7-9-24(18)35-25/h6-16H,1-5H3. The number of allylic oxidation sites excluding steroid dienone is 1. The quantitative estimate of drug-likeness (QED) is 0.197. The minimum Gasteiger partial charge on any atom is -0.493 e. The van der Waals surface area contributed by atoms with E-state index < -0.39 is 0 Å². The van der Waals surface area contributed by atoms with Gasteiger partial charge in [-0.25, -0.2) is 0 Å². The highest BCUT2D eigenvalue weighted by molar-refractivity contribution is 7.22. The Kier molecular flexibility index (Phi) is 7.27. The molecule has 6 nitrogen and oxygen atoms in total. The van der Waals surface area contributed by atoms with Crippen molar-refractivity contribution < 1.29 is 28.5 Å². The minimum absolute atomic E-state index is 0.235. The lowest BCUT2D eigenvalue weighted by molar-refractivity contribution is 0.104. The van der Waals surface area contributed by atoms with Crippen molar-refractivity contribution in [2.45, 2.75) is 0 Å². The molecule has 1 heterocycles. The van der Waals surface area contributed by atoms with Gasteiger partial charge in [-0.1, -0.05) is 24.3 Å². The molecule has 35 heavy (non-hydrogen) atoms. The number of ether oxygens (including phenoxy) is 5. The largest absolute Gasteiger partial charge is 0.493 e. The molecule has 0 atom stereocenters. The molecule has 0 amide bonds. The number of hydrogen-bond donors (Lipinski definition) is 0. The van der Waals surface area contributed by atoms with E-state index in [0.717, 1.165) is 21.4 Å². The van der Waals surface area contributed by atoms with Crippen LogP contribution in [0.2, 0.25) is 0 Å². The first-order valence-electron chi connectivity index (χ1n) is 10.8. The third-order valence-electron chi connectivity index (χ3n) is 5.59. The predicted molar refractivity (Wildman–Crippen MR) is 140 cm³/mol. The van der Waals surface area contributed by atoms with E-state index in [1.165, 1.54) is 32.1 Å². The van der Waals surface area contributed by atoms with E-state index in [1.807, 2.05) is 24.3 Å². The van der Waals surface area contributed by atoms with Crippen LogP contribution in [0.3, 0.4) is 0 Å². The van der Waals surface area contributed by atoms with Crippen LogP contribution in [-0.2, 0) is 0 Å². The number of methoxy groups -OCH3 is 5. The number of hydrogen-bond acceptors (Lipinski definition) is 7. The fourth-order valence-corrected chi connectivity index (χ4v) is 5.01. The van der Waals surface area contributed by atoms with Gasteiger partial charge in [0, 0.05) is 15.1 Å². The van der Waals surface area contributed by atoms with Crippen LogP contribution in [0.1, 0.15) is 15.9 Å². The number of thiophene rings is 1. The molecule has 0 aliphatic carbocycles. The monoisotopic (exact) mass is 490 g/mol. The second-order valence-corrected chi connectivity index (χ2v) is 8.62. The third kappa shape index (κ3) is 4.68. The zero-order valence-electron chi connectivity index (χ0n) is 20.2. The normalized spacial score (nSPS) is 11.0. The van der Waals surface area contributed by atoms with Crippen LogP contribution >= 0.6 is 11.3 Å². The fourth-order valence-electron chi connectivity index (χ4n) is 3.94. The minimum atomic E-state index is -0.235. The van der Waals surface area contributed by atoms with Gasteiger partial charge >= 0.3 is 0 Å². The van der Waals surface area contributed by atoms with Crippen molar-refractivity contribution in [2.75, 3.05) is 35.5 Å². The molecule has 4 aromatic rings. The van der Waals surface area contributed by atoms with Gasteiger partial charge in [-0.05, 0) is 53.4 Å². The summed E-state index contributed by atoms with van der Waals surface area (Å²) in [7, 11) is 7.74. The lowest BCUT2D eigenvalue weighted by Gasteiger charge is -2.14. The van der Waals surface area contributed by atoms with Gasteiger partial charge in [0.15, 0.2) is 28.8 Å². The summed E-state index contributed by atoms with van der Waals surface area (Å²) in [6.07, 6.45) is 3.25. The van der Waals surface area contributed by atoms with Crippen LogP contribution in [0.4, 0.5) is 0 Å². The molecule has 0 saturated carbocycles. The van der Waals surface area contributed by atoms with Crippen LogP contribution in [-0.4, -0.2) is 41.3 Å². The molecule has 3 aromatic carbocycles. The fraction of sp³-hybridized carbons (Fsp3) is 0.179. The van der Waals surface area contributed by atoms with Gasteiger partial charge in [0.05, 0.1) is 41.1 Å². The molecule has 0 fully saturated rings. The lowest BCUT2D eigenvalue weighted by atomic mass is 10.0. The Labute approximate surface area is 208 Å².